The molecule has 8 heteroatoms. The van der Waals surface area contributed by atoms with Crippen molar-refractivity contribution in [3.63, 3.8) is 0 Å². The van der Waals surface area contributed by atoms with Gasteiger partial charge in [0.25, 0.3) is 11.8 Å². The number of carbonyl (C=O) groups excluding carboxylic acids is 2. The lowest BCUT2D eigenvalue weighted by atomic mass is 10.2. The van der Waals surface area contributed by atoms with E-state index in [1.165, 1.54) is 9.80 Å². The average molecular weight is 434 g/mol. The van der Waals surface area contributed by atoms with Crippen molar-refractivity contribution in [2.45, 2.75) is 20.3 Å². The van der Waals surface area contributed by atoms with Crippen LogP contribution in [0.25, 0.3) is 0 Å². The minimum atomic E-state index is 0.116. The fourth-order valence-corrected chi connectivity index (χ4v) is 4.37. The summed E-state index contributed by atoms with van der Waals surface area (Å²) in [6, 6.07) is 8.20. The summed E-state index contributed by atoms with van der Waals surface area (Å²) in [6.07, 6.45) is 0.957. The fourth-order valence-electron chi connectivity index (χ4n) is 4.37. The zero-order chi connectivity index (χ0) is 22.1. The van der Waals surface area contributed by atoms with E-state index in [1.807, 2.05) is 24.0 Å². The molecule has 172 valence electrons. The molecule has 0 radical (unpaired) electrons. The zero-order valence-electron chi connectivity index (χ0n) is 19.1. The van der Waals surface area contributed by atoms with Gasteiger partial charge in [0.15, 0.2) is 13.1 Å². The number of nitrogens with zero attached hydrogens (tertiary/aromatic N) is 2. The van der Waals surface area contributed by atoms with Crippen LogP contribution >= 0.6 is 0 Å². The summed E-state index contributed by atoms with van der Waals surface area (Å²) in [4.78, 5) is 31.7. The van der Waals surface area contributed by atoms with Crippen LogP contribution < -0.4 is 24.8 Å². The third-order valence-corrected chi connectivity index (χ3v) is 6.18. The molecule has 2 amide bonds. The predicted molar refractivity (Wildman–Crippen MR) is 121 cm³/mol. The second kappa shape index (κ2) is 11.9. The van der Waals surface area contributed by atoms with Crippen molar-refractivity contribution in [3.05, 3.63) is 24.3 Å². The lowest BCUT2D eigenvalue weighted by Gasteiger charge is -2.36. The molecule has 2 aliphatic rings. The van der Waals surface area contributed by atoms with Gasteiger partial charge in [0, 0.05) is 6.54 Å². The van der Waals surface area contributed by atoms with Crippen LogP contribution in [0.1, 0.15) is 20.3 Å². The van der Waals surface area contributed by atoms with E-state index in [9.17, 15) is 9.59 Å². The van der Waals surface area contributed by atoms with Gasteiger partial charge in [-0.05, 0) is 25.5 Å². The minimum Gasteiger partial charge on any atom is -0.492 e. The Labute approximate surface area is 186 Å². The van der Waals surface area contributed by atoms with E-state index in [1.54, 1.807) is 0 Å². The highest BCUT2D eigenvalue weighted by molar-refractivity contribution is 5.77. The molecule has 0 aromatic heterocycles. The van der Waals surface area contributed by atoms with E-state index in [4.69, 9.17) is 4.74 Å². The molecular formula is C23H39N5O3+2. The molecule has 1 aromatic carbocycles. The van der Waals surface area contributed by atoms with E-state index in [-0.39, 0.29) is 11.8 Å². The number of piperazine rings is 2. The van der Waals surface area contributed by atoms with Gasteiger partial charge in [-0.15, -0.1) is 0 Å². The molecule has 0 atom stereocenters. The molecule has 0 bridgehead atoms. The van der Waals surface area contributed by atoms with Crippen molar-refractivity contribution < 1.29 is 24.1 Å². The van der Waals surface area contributed by atoms with Crippen LogP contribution in [-0.4, -0.2) is 95.3 Å². The summed E-state index contributed by atoms with van der Waals surface area (Å²) in [6.45, 7) is 13.5. The summed E-state index contributed by atoms with van der Waals surface area (Å²) in [7, 11) is 0. The maximum Gasteiger partial charge on any atom is 0.278 e. The number of quaternary nitrogens is 2. The SMILES string of the molecule is CCCNC(=O)C[NH+]1CCN(C(=O)C[NH+]2CCN(c3ccccc3OCC)CC2)CC1. The summed E-state index contributed by atoms with van der Waals surface area (Å²) in [5, 5.41) is 2.94. The first kappa shape index (κ1) is 23.3. The third kappa shape index (κ3) is 6.83. The lowest BCUT2D eigenvalue weighted by Crippen LogP contribution is -3.17. The first-order valence-electron chi connectivity index (χ1n) is 11.8. The van der Waals surface area contributed by atoms with E-state index in [0.717, 1.165) is 76.8 Å². The van der Waals surface area contributed by atoms with E-state index in [0.29, 0.717) is 19.7 Å². The Hall–Kier alpha value is -2.32. The Balaban J connectivity index is 1.39. The number of anilines is 1. The summed E-state index contributed by atoms with van der Waals surface area (Å²) in [5.41, 5.74) is 1.15. The van der Waals surface area contributed by atoms with Gasteiger partial charge in [-0.3, -0.25) is 9.59 Å². The maximum absolute atomic E-state index is 12.8. The van der Waals surface area contributed by atoms with E-state index in [2.05, 4.69) is 29.3 Å². The molecule has 1 aromatic rings. The fraction of sp³-hybridized carbons (Fsp3) is 0.652. The van der Waals surface area contributed by atoms with Crippen LogP contribution in [0.15, 0.2) is 24.3 Å². The first-order chi connectivity index (χ1) is 15.1. The van der Waals surface area contributed by atoms with Gasteiger partial charge < -0.3 is 29.7 Å². The standard InChI is InChI=1S/C23H37N5O3/c1-3-9-24-22(29)18-25-12-16-28(17-13-25)23(30)19-26-10-14-27(15-11-26)20-7-5-6-8-21(20)31-4-2/h5-8H,3-4,9-19H2,1-2H3,(H,24,29)/p+2. The quantitative estimate of drug-likeness (QED) is 0.423. The number of benzene rings is 1. The van der Waals surface area contributed by atoms with Crippen molar-refractivity contribution in [2.24, 2.45) is 0 Å². The van der Waals surface area contributed by atoms with E-state index < -0.39 is 0 Å². The Kier molecular flexibility index (Phi) is 8.97. The smallest absolute Gasteiger partial charge is 0.278 e. The van der Waals surface area contributed by atoms with Crippen molar-refractivity contribution in [1.29, 1.82) is 0 Å². The van der Waals surface area contributed by atoms with Crippen molar-refractivity contribution >= 4 is 17.5 Å². The van der Waals surface area contributed by atoms with E-state index >= 15 is 0 Å². The molecule has 8 nitrogen and oxygen atoms in total. The van der Waals surface area contributed by atoms with Gasteiger partial charge >= 0.3 is 0 Å². The maximum atomic E-state index is 12.8. The molecular weight excluding hydrogens is 394 g/mol. The molecule has 3 rings (SSSR count). The summed E-state index contributed by atoms with van der Waals surface area (Å²) >= 11 is 0. The number of amides is 2. The second-order valence-corrected chi connectivity index (χ2v) is 8.47. The molecule has 0 saturated carbocycles. The lowest BCUT2D eigenvalue weighted by molar-refractivity contribution is -0.898. The van der Waals surface area contributed by atoms with Crippen molar-refractivity contribution in [2.75, 3.05) is 83.5 Å². The minimum absolute atomic E-state index is 0.116. The van der Waals surface area contributed by atoms with Gasteiger partial charge in [-0.1, -0.05) is 19.1 Å². The normalized spacial score (nSPS) is 18.1. The van der Waals surface area contributed by atoms with Crippen molar-refractivity contribution in [1.82, 2.24) is 10.2 Å². The first-order valence-corrected chi connectivity index (χ1v) is 11.8. The van der Waals surface area contributed by atoms with Gasteiger partial charge in [-0.25, -0.2) is 0 Å². The zero-order valence-corrected chi connectivity index (χ0v) is 19.1. The number of carbonyl (C=O) groups is 2. The molecule has 0 unspecified atom stereocenters. The Morgan fingerprint density at radius 1 is 0.968 bits per heavy atom. The highest BCUT2D eigenvalue weighted by Crippen LogP contribution is 2.27. The predicted octanol–water partition coefficient (Wildman–Crippen LogP) is -1.96. The van der Waals surface area contributed by atoms with Crippen LogP contribution in [0.2, 0.25) is 0 Å². The number of nitrogens with one attached hydrogen (secondary N) is 3. The monoisotopic (exact) mass is 433 g/mol. The number of rotatable bonds is 9. The molecule has 3 N–H and O–H groups in total. The number of hydrogen-bond acceptors (Lipinski definition) is 4. The van der Waals surface area contributed by atoms with Crippen LogP contribution in [-0.2, 0) is 9.59 Å². The largest absolute Gasteiger partial charge is 0.492 e. The van der Waals surface area contributed by atoms with Gasteiger partial charge in [-0.2, -0.15) is 0 Å². The Morgan fingerprint density at radius 2 is 1.61 bits per heavy atom. The third-order valence-electron chi connectivity index (χ3n) is 6.18. The molecule has 2 saturated heterocycles. The Morgan fingerprint density at radius 3 is 2.29 bits per heavy atom. The summed E-state index contributed by atoms with van der Waals surface area (Å²) < 4.78 is 5.78. The topological polar surface area (TPSA) is 70.8 Å². The summed E-state index contributed by atoms with van der Waals surface area (Å²) in [5.74, 6) is 1.30. The van der Waals surface area contributed by atoms with Gasteiger partial charge in [0.1, 0.15) is 5.75 Å². The number of para-hydroxylation sites is 2. The van der Waals surface area contributed by atoms with Crippen LogP contribution in [0.3, 0.4) is 0 Å². The number of hydrogen-bond donors (Lipinski definition) is 3. The molecule has 2 heterocycles. The van der Waals surface area contributed by atoms with Crippen molar-refractivity contribution in [3.8, 4) is 5.75 Å². The average Bonchev–Trinajstić information content (AvgIpc) is 2.79. The highest BCUT2D eigenvalue weighted by atomic mass is 16.5. The van der Waals surface area contributed by atoms with Crippen LogP contribution in [0, 0.1) is 0 Å². The molecule has 0 aliphatic carbocycles. The van der Waals surface area contributed by atoms with Gasteiger partial charge in [0.2, 0.25) is 0 Å². The second-order valence-electron chi connectivity index (χ2n) is 8.47. The van der Waals surface area contributed by atoms with Crippen LogP contribution in [0.4, 0.5) is 5.69 Å². The number of ether oxygens (including phenoxy) is 1. The molecule has 2 aliphatic heterocycles. The Bertz CT molecular complexity index is 713. The van der Waals surface area contributed by atoms with Crippen LogP contribution in [0.5, 0.6) is 5.75 Å². The molecule has 2 fully saturated rings. The highest BCUT2D eigenvalue weighted by Gasteiger charge is 2.29. The molecule has 0 spiro atoms. The molecule has 31 heavy (non-hydrogen) atoms. The van der Waals surface area contributed by atoms with Gasteiger partial charge in [0.05, 0.1) is 64.7 Å².